The van der Waals surface area contributed by atoms with Crippen LogP contribution in [0.25, 0.3) is 11.6 Å². The fourth-order valence-corrected chi connectivity index (χ4v) is 7.36. The van der Waals surface area contributed by atoms with E-state index in [4.69, 9.17) is 16.3 Å². The van der Waals surface area contributed by atoms with Gasteiger partial charge in [-0.15, -0.1) is 0 Å². The summed E-state index contributed by atoms with van der Waals surface area (Å²) in [7, 11) is -4.40. The van der Waals surface area contributed by atoms with Crippen LogP contribution < -0.4 is 9.04 Å². The first kappa shape index (κ1) is 30.4. The fourth-order valence-electron chi connectivity index (χ4n) is 5.50. The predicted molar refractivity (Wildman–Crippen MR) is 157 cm³/mol. The molecule has 0 spiro atoms. The van der Waals surface area contributed by atoms with Crippen molar-refractivity contribution in [1.82, 2.24) is 4.90 Å². The molecule has 0 N–H and O–H groups in total. The van der Waals surface area contributed by atoms with Gasteiger partial charge in [-0.25, -0.2) is 12.8 Å². The molecule has 224 valence electrons. The van der Waals surface area contributed by atoms with Gasteiger partial charge in [-0.05, 0) is 106 Å². The molecule has 0 saturated carbocycles. The molecule has 2 aliphatic rings. The topological polar surface area (TPSA) is 49.9 Å². The zero-order valence-corrected chi connectivity index (χ0v) is 24.6. The minimum absolute atomic E-state index is 0.0587. The Morgan fingerprint density at radius 1 is 1.07 bits per heavy atom. The van der Waals surface area contributed by atoms with E-state index < -0.39 is 38.6 Å². The van der Waals surface area contributed by atoms with Crippen LogP contribution in [0.1, 0.15) is 49.3 Å². The fraction of sp³-hybridized carbons (Fsp3) is 0.355. The van der Waals surface area contributed by atoms with E-state index in [1.807, 2.05) is 0 Å². The molecule has 0 amide bonds. The van der Waals surface area contributed by atoms with Crippen molar-refractivity contribution in [3.05, 3.63) is 88.2 Å². The molecule has 3 aromatic rings. The lowest BCUT2D eigenvalue weighted by Gasteiger charge is -2.36. The first-order valence-corrected chi connectivity index (χ1v) is 15.6. The van der Waals surface area contributed by atoms with Gasteiger partial charge in [-0.2, -0.15) is 13.2 Å². The Labute approximate surface area is 248 Å². The van der Waals surface area contributed by atoms with Gasteiger partial charge in [0.15, 0.2) is 0 Å². The van der Waals surface area contributed by atoms with Crippen molar-refractivity contribution in [3.63, 3.8) is 0 Å². The van der Waals surface area contributed by atoms with E-state index in [0.717, 1.165) is 61.4 Å². The van der Waals surface area contributed by atoms with Crippen LogP contribution in [0.3, 0.4) is 0 Å². The number of ether oxygens (including phenoxy) is 1. The number of nitrogens with zero attached hydrogens (tertiary/aromatic N) is 2. The Kier molecular flexibility index (Phi) is 8.87. The highest BCUT2D eigenvalue weighted by Crippen LogP contribution is 2.40. The van der Waals surface area contributed by atoms with Crippen molar-refractivity contribution in [2.75, 3.05) is 30.5 Å². The quantitative estimate of drug-likeness (QED) is 0.189. The van der Waals surface area contributed by atoms with E-state index in [2.05, 4.69) is 4.90 Å². The van der Waals surface area contributed by atoms with Crippen molar-refractivity contribution < 1.29 is 30.7 Å². The van der Waals surface area contributed by atoms with Crippen molar-refractivity contribution >= 4 is 39.0 Å². The summed E-state index contributed by atoms with van der Waals surface area (Å²) in [6.45, 7) is 4.58. The zero-order valence-electron chi connectivity index (χ0n) is 23.0. The van der Waals surface area contributed by atoms with Crippen LogP contribution in [-0.2, 0) is 16.2 Å². The third-order valence-electron chi connectivity index (χ3n) is 7.60. The second-order valence-corrected chi connectivity index (χ2v) is 12.9. The van der Waals surface area contributed by atoms with Crippen LogP contribution in [0.2, 0.25) is 5.02 Å². The van der Waals surface area contributed by atoms with Crippen LogP contribution >= 0.6 is 11.6 Å². The third-order valence-corrected chi connectivity index (χ3v) is 9.69. The first-order chi connectivity index (χ1) is 19.9. The van der Waals surface area contributed by atoms with Gasteiger partial charge in [0.2, 0.25) is 0 Å². The summed E-state index contributed by atoms with van der Waals surface area (Å²) < 4.78 is 90.1. The van der Waals surface area contributed by atoms with E-state index >= 15 is 0 Å². The second-order valence-electron chi connectivity index (χ2n) is 10.6. The zero-order chi connectivity index (χ0) is 30.1. The minimum Gasteiger partial charge on any atom is -0.486 e. The number of likely N-dealkylation sites (tertiary alicyclic amines) is 1. The van der Waals surface area contributed by atoms with Crippen LogP contribution in [0.5, 0.6) is 5.75 Å². The molecule has 42 heavy (non-hydrogen) atoms. The van der Waals surface area contributed by atoms with Gasteiger partial charge < -0.3 is 9.64 Å². The van der Waals surface area contributed by atoms with E-state index in [-0.39, 0.29) is 22.8 Å². The molecule has 0 aliphatic carbocycles. The van der Waals surface area contributed by atoms with Crippen molar-refractivity contribution in [3.8, 4) is 5.75 Å². The van der Waals surface area contributed by atoms with E-state index in [0.29, 0.717) is 29.4 Å². The average molecular weight is 623 g/mol. The van der Waals surface area contributed by atoms with Gasteiger partial charge in [0.1, 0.15) is 17.7 Å². The molecular formula is C31H31ClF4N2O3S. The standard InChI is InChI=1S/C31H31ClF4N2O3S/c1-21(30-26(32)10-5-11-27(30)33)17-22-12-13-29-28(18-22)38(20-24(41-29)8-6-16-37-14-2-3-15-37)42(39,40)25-9-4-7-23(19-25)31(34,35)36/h4-5,7,9-13,17-19,24H,2-3,6,8,14-16,20H2,1H3. The summed E-state index contributed by atoms with van der Waals surface area (Å²) in [5.74, 6) is -0.190. The molecule has 2 aliphatic heterocycles. The maximum absolute atomic E-state index is 14.5. The molecule has 5 nitrogen and oxygen atoms in total. The van der Waals surface area contributed by atoms with Crippen molar-refractivity contribution in [2.45, 2.75) is 49.8 Å². The highest BCUT2D eigenvalue weighted by Gasteiger charge is 2.37. The molecule has 1 saturated heterocycles. The summed E-state index contributed by atoms with van der Waals surface area (Å²) in [6, 6.07) is 13.1. The van der Waals surface area contributed by atoms with Gasteiger partial charge >= 0.3 is 6.18 Å². The number of allylic oxidation sites excluding steroid dienone is 1. The summed E-state index contributed by atoms with van der Waals surface area (Å²) in [4.78, 5) is 1.90. The highest BCUT2D eigenvalue weighted by molar-refractivity contribution is 7.92. The number of alkyl halides is 3. The molecule has 0 aromatic heterocycles. The number of rotatable bonds is 8. The number of anilines is 1. The molecule has 3 aromatic carbocycles. The highest BCUT2D eigenvalue weighted by atomic mass is 35.5. The van der Waals surface area contributed by atoms with Crippen LogP contribution in [0.15, 0.2) is 65.6 Å². The summed E-state index contributed by atoms with van der Waals surface area (Å²) in [5.41, 5.74) is 0.435. The smallest absolute Gasteiger partial charge is 0.416 e. The molecule has 0 bridgehead atoms. The Bertz CT molecular complexity index is 1570. The van der Waals surface area contributed by atoms with Gasteiger partial charge in [0.05, 0.1) is 27.7 Å². The van der Waals surface area contributed by atoms with Crippen molar-refractivity contribution in [1.29, 1.82) is 0 Å². The molecule has 1 atom stereocenters. The number of halogens is 5. The Balaban J connectivity index is 1.50. The number of benzene rings is 3. The summed E-state index contributed by atoms with van der Waals surface area (Å²) >= 11 is 6.23. The molecule has 5 rings (SSSR count). The average Bonchev–Trinajstić information content (AvgIpc) is 3.46. The molecular weight excluding hydrogens is 592 g/mol. The maximum atomic E-state index is 14.5. The van der Waals surface area contributed by atoms with Crippen LogP contribution in [-0.4, -0.2) is 45.6 Å². The third kappa shape index (κ3) is 6.61. The van der Waals surface area contributed by atoms with Crippen molar-refractivity contribution in [2.24, 2.45) is 0 Å². The van der Waals surface area contributed by atoms with Gasteiger partial charge in [0, 0.05) is 5.56 Å². The van der Waals surface area contributed by atoms with E-state index in [9.17, 15) is 26.0 Å². The van der Waals surface area contributed by atoms with E-state index in [1.165, 1.54) is 12.1 Å². The van der Waals surface area contributed by atoms with Crippen LogP contribution in [0.4, 0.5) is 23.2 Å². The minimum atomic E-state index is -4.70. The summed E-state index contributed by atoms with van der Waals surface area (Å²) in [6.07, 6.45) is 0.183. The normalized spacial score (nSPS) is 18.2. The Hall–Kier alpha value is -3.08. The number of fused-ring (bicyclic) bond motifs is 1. The van der Waals surface area contributed by atoms with Gasteiger partial charge in [-0.3, -0.25) is 4.31 Å². The molecule has 1 fully saturated rings. The Morgan fingerprint density at radius 2 is 1.81 bits per heavy atom. The van der Waals surface area contributed by atoms with Gasteiger partial charge in [0.25, 0.3) is 10.0 Å². The lowest BCUT2D eigenvalue weighted by molar-refractivity contribution is -0.137. The van der Waals surface area contributed by atoms with Crippen LogP contribution in [0, 0.1) is 5.82 Å². The SMILES string of the molecule is CC(=Cc1ccc2c(c1)N(S(=O)(=O)c1cccc(C(F)(F)F)c1)CC(CCCN1CCCC1)O2)c1c(F)cccc1Cl. The number of hydrogen-bond acceptors (Lipinski definition) is 4. The maximum Gasteiger partial charge on any atom is 0.416 e. The largest absolute Gasteiger partial charge is 0.486 e. The molecule has 2 heterocycles. The molecule has 1 unspecified atom stereocenters. The lowest BCUT2D eigenvalue weighted by atomic mass is 10.0. The molecule has 11 heteroatoms. The van der Waals surface area contributed by atoms with E-state index in [1.54, 1.807) is 37.3 Å². The molecule has 0 radical (unpaired) electrons. The van der Waals surface area contributed by atoms with Gasteiger partial charge in [-0.1, -0.05) is 35.9 Å². The second kappa shape index (κ2) is 12.3. The predicted octanol–water partition coefficient (Wildman–Crippen LogP) is 7.89. The Morgan fingerprint density at radius 3 is 2.52 bits per heavy atom. The lowest BCUT2D eigenvalue weighted by Crippen LogP contribution is -2.43. The number of hydrogen-bond donors (Lipinski definition) is 0. The summed E-state index contributed by atoms with van der Waals surface area (Å²) in [5, 5.41) is 0.232. The first-order valence-electron chi connectivity index (χ1n) is 13.8. The monoisotopic (exact) mass is 622 g/mol. The number of sulfonamides is 1.